The Morgan fingerprint density at radius 2 is 1.87 bits per heavy atom. The number of rotatable bonds is 4. The zero-order valence-electron chi connectivity index (χ0n) is 17.4. The molecule has 3 heterocycles. The highest BCUT2D eigenvalue weighted by Gasteiger charge is 2.31. The Hall–Kier alpha value is -2.37. The molecular formula is C24H27ClN4O. The lowest BCUT2D eigenvalue weighted by Gasteiger charge is -2.23. The Balaban J connectivity index is 1.29. The minimum Gasteiger partial charge on any atom is -0.337 e. The average Bonchev–Trinajstić information content (AvgIpc) is 3.49. The molecule has 30 heavy (non-hydrogen) atoms. The van der Waals surface area contributed by atoms with Gasteiger partial charge in [0.2, 0.25) is 0 Å². The van der Waals surface area contributed by atoms with E-state index in [-0.39, 0.29) is 5.91 Å². The first-order valence-electron chi connectivity index (χ1n) is 10.8. The van der Waals surface area contributed by atoms with Crippen molar-refractivity contribution in [2.75, 3.05) is 26.2 Å². The summed E-state index contributed by atoms with van der Waals surface area (Å²) >= 11 is 6.19. The normalized spacial score (nSPS) is 19.8. The molecule has 2 saturated heterocycles. The first-order chi connectivity index (χ1) is 14.6. The van der Waals surface area contributed by atoms with E-state index in [9.17, 15) is 4.79 Å². The molecule has 0 saturated carbocycles. The second-order valence-electron chi connectivity index (χ2n) is 8.51. The van der Waals surface area contributed by atoms with Crippen molar-refractivity contribution in [1.82, 2.24) is 19.4 Å². The molecular weight excluding hydrogens is 396 g/mol. The largest absolute Gasteiger partial charge is 0.337 e. The van der Waals surface area contributed by atoms with Gasteiger partial charge in [0, 0.05) is 36.3 Å². The number of aromatic nitrogens is 2. The number of aryl methyl sites for hydroxylation is 1. The summed E-state index contributed by atoms with van der Waals surface area (Å²) in [7, 11) is 0. The number of fused-ring (bicyclic) bond motifs is 1. The minimum atomic E-state index is 0.152. The Morgan fingerprint density at radius 1 is 1.10 bits per heavy atom. The molecule has 0 unspecified atom stereocenters. The van der Waals surface area contributed by atoms with Crippen LogP contribution in [0.3, 0.4) is 0 Å². The summed E-state index contributed by atoms with van der Waals surface area (Å²) in [5.41, 5.74) is 3.90. The van der Waals surface area contributed by atoms with E-state index in [1.165, 1.54) is 25.9 Å². The molecule has 5 rings (SSSR count). The maximum atomic E-state index is 13.0. The summed E-state index contributed by atoms with van der Waals surface area (Å²) in [6, 6.07) is 14.3. The number of benzene rings is 2. The van der Waals surface area contributed by atoms with Crippen molar-refractivity contribution < 1.29 is 4.79 Å². The smallest absolute Gasteiger partial charge is 0.253 e. The maximum Gasteiger partial charge on any atom is 0.253 e. The first-order valence-corrected chi connectivity index (χ1v) is 11.2. The van der Waals surface area contributed by atoms with Crippen LogP contribution in [0.2, 0.25) is 5.02 Å². The number of halogens is 1. The number of nitrogens with zero attached hydrogens (tertiary/aromatic N) is 4. The molecule has 2 aliphatic rings. The predicted molar refractivity (Wildman–Crippen MR) is 120 cm³/mol. The van der Waals surface area contributed by atoms with Crippen molar-refractivity contribution in [3.8, 4) is 0 Å². The molecule has 2 aromatic carbocycles. The molecule has 156 valence electrons. The van der Waals surface area contributed by atoms with E-state index in [0.29, 0.717) is 17.6 Å². The SMILES string of the molecule is Cc1nc2ccc(Cl)cc2n1Cc1ccc(C(=O)N2CC[C@H](N3CCCC3)C2)cc1. The molecule has 0 spiro atoms. The van der Waals surface area contributed by atoms with E-state index in [1.807, 2.05) is 42.2 Å². The molecule has 1 atom stereocenters. The highest BCUT2D eigenvalue weighted by Crippen LogP contribution is 2.24. The van der Waals surface area contributed by atoms with E-state index in [2.05, 4.69) is 26.6 Å². The minimum absolute atomic E-state index is 0.152. The Morgan fingerprint density at radius 3 is 2.63 bits per heavy atom. The van der Waals surface area contributed by atoms with Gasteiger partial charge in [-0.05, 0) is 75.2 Å². The van der Waals surface area contributed by atoms with Gasteiger partial charge in [0.1, 0.15) is 5.82 Å². The number of carbonyl (C=O) groups is 1. The Kier molecular flexibility index (Phi) is 5.25. The molecule has 5 nitrogen and oxygen atoms in total. The van der Waals surface area contributed by atoms with Crippen LogP contribution in [-0.4, -0.2) is 57.5 Å². The molecule has 3 aromatic rings. The predicted octanol–water partition coefficient (Wildman–Crippen LogP) is 4.36. The van der Waals surface area contributed by atoms with Crippen molar-refractivity contribution >= 4 is 28.5 Å². The van der Waals surface area contributed by atoms with Gasteiger partial charge in [-0.1, -0.05) is 23.7 Å². The topological polar surface area (TPSA) is 41.4 Å². The monoisotopic (exact) mass is 422 g/mol. The second-order valence-corrected chi connectivity index (χ2v) is 8.95. The summed E-state index contributed by atoms with van der Waals surface area (Å²) in [4.78, 5) is 22.2. The fraction of sp³-hybridized carbons (Fsp3) is 0.417. The molecule has 2 aliphatic heterocycles. The van der Waals surface area contributed by atoms with Crippen LogP contribution in [-0.2, 0) is 6.54 Å². The van der Waals surface area contributed by atoms with Gasteiger partial charge < -0.3 is 9.47 Å². The van der Waals surface area contributed by atoms with Crippen LogP contribution < -0.4 is 0 Å². The highest BCUT2D eigenvalue weighted by molar-refractivity contribution is 6.31. The molecule has 0 radical (unpaired) electrons. The van der Waals surface area contributed by atoms with E-state index < -0.39 is 0 Å². The lowest BCUT2D eigenvalue weighted by molar-refractivity contribution is 0.0780. The summed E-state index contributed by atoms with van der Waals surface area (Å²) < 4.78 is 2.17. The quantitative estimate of drug-likeness (QED) is 0.627. The number of hydrogen-bond donors (Lipinski definition) is 0. The first kappa shape index (κ1) is 19.6. The van der Waals surface area contributed by atoms with Crippen molar-refractivity contribution in [1.29, 1.82) is 0 Å². The molecule has 0 N–H and O–H groups in total. The third-order valence-electron chi connectivity index (χ3n) is 6.55. The fourth-order valence-corrected chi connectivity index (χ4v) is 5.03. The summed E-state index contributed by atoms with van der Waals surface area (Å²) in [5.74, 6) is 1.11. The molecule has 1 aromatic heterocycles. The van der Waals surface area contributed by atoms with Crippen molar-refractivity contribution in [2.45, 2.75) is 38.8 Å². The number of hydrogen-bond acceptors (Lipinski definition) is 3. The van der Waals surface area contributed by atoms with Gasteiger partial charge in [0.05, 0.1) is 11.0 Å². The van der Waals surface area contributed by atoms with Crippen LogP contribution in [0.15, 0.2) is 42.5 Å². The zero-order chi connectivity index (χ0) is 20.7. The van der Waals surface area contributed by atoms with E-state index in [4.69, 9.17) is 11.6 Å². The van der Waals surface area contributed by atoms with Gasteiger partial charge in [0.25, 0.3) is 5.91 Å². The van der Waals surface area contributed by atoms with Crippen LogP contribution in [0.1, 0.15) is 41.0 Å². The van der Waals surface area contributed by atoms with Crippen molar-refractivity contribution in [3.05, 3.63) is 64.4 Å². The number of imidazole rings is 1. The fourth-order valence-electron chi connectivity index (χ4n) is 4.86. The Bertz CT molecular complexity index is 1070. The van der Waals surface area contributed by atoms with Gasteiger partial charge in [-0.2, -0.15) is 0 Å². The summed E-state index contributed by atoms with van der Waals surface area (Å²) in [5, 5.41) is 0.711. The van der Waals surface area contributed by atoms with Gasteiger partial charge in [0.15, 0.2) is 0 Å². The lowest BCUT2D eigenvalue weighted by Crippen LogP contribution is -2.37. The van der Waals surface area contributed by atoms with E-state index in [1.54, 1.807) is 0 Å². The summed E-state index contributed by atoms with van der Waals surface area (Å²) in [6.45, 7) is 6.82. The lowest BCUT2D eigenvalue weighted by atomic mass is 10.1. The van der Waals surface area contributed by atoms with Gasteiger partial charge in [-0.15, -0.1) is 0 Å². The molecule has 2 fully saturated rings. The van der Waals surface area contributed by atoms with Gasteiger partial charge >= 0.3 is 0 Å². The van der Waals surface area contributed by atoms with Crippen LogP contribution >= 0.6 is 11.6 Å². The molecule has 0 aliphatic carbocycles. The molecule has 1 amide bonds. The zero-order valence-corrected chi connectivity index (χ0v) is 18.1. The van der Waals surface area contributed by atoms with Gasteiger partial charge in [-0.25, -0.2) is 4.98 Å². The van der Waals surface area contributed by atoms with Crippen LogP contribution in [0.4, 0.5) is 0 Å². The van der Waals surface area contributed by atoms with Crippen LogP contribution in [0.25, 0.3) is 11.0 Å². The van der Waals surface area contributed by atoms with Gasteiger partial charge in [-0.3, -0.25) is 9.69 Å². The van der Waals surface area contributed by atoms with Crippen LogP contribution in [0.5, 0.6) is 0 Å². The number of carbonyl (C=O) groups excluding carboxylic acids is 1. The van der Waals surface area contributed by atoms with Crippen molar-refractivity contribution in [2.24, 2.45) is 0 Å². The average molecular weight is 423 g/mol. The number of likely N-dealkylation sites (tertiary alicyclic amines) is 2. The van der Waals surface area contributed by atoms with Crippen molar-refractivity contribution in [3.63, 3.8) is 0 Å². The standard InChI is InChI=1S/C24H27ClN4O/c1-17-26-22-9-8-20(25)14-23(22)29(17)15-18-4-6-19(7-5-18)24(30)28-13-10-21(16-28)27-11-2-3-12-27/h4-9,14,21H,2-3,10-13,15-16H2,1H3/t21-/m0/s1. The third-order valence-corrected chi connectivity index (χ3v) is 6.79. The maximum absolute atomic E-state index is 13.0. The van der Waals surface area contributed by atoms with E-state index in [0.717, 1.165) is 47.5 Å². The third kappa shape index (κ3) is 3.72. The Labute approximate surface area is 182 Å². The van der Waals surface area contributed by atoms with Crippen LogP contribution in [0, 0.1) is 6.92 Å². The molecule has 6 heteroatoms. The second kappa shape index (κ2) is 8.05. The highest BCUT2D eigenvalue weighted by atomic mass is 35.5. The summed E-state index contributed by atoms with van der Waals surface area (Å²) in [6.07, 6.45) is 3.69. The van der Waals surface area contributed by atoms with E-state index >= 15 is 0 Å². The molecule has 0 bridgehead atoms. The number of amides is 1.